The molecule has 5 heteroatoms. The van der Waals surface area contributed by atoms with Crippen molar-refractivity contribution in [1.29, 1.82) is 0 Å². The van der Waals surface area contributed by atoms with Crippen LogP contribution in [0.1, 0.15) is 23.2 Å². The van der Waals surface area contributed by atoms with Crippen LogP contribution in [0.4, 0.5) is 5.69 Å². The zero-order chi connectivity index (χ0) is 14.1. The lowest BCUT2D eigenvalue weighted by Gasteiger charge is -2.44. The van der Waals surface area contributed by atoms with Crippen LogP contribution in [0.5, 0.6) is 5.75 Å². The second-order valence-electron chi connectivity index (χ2n) is 5.68. The number of methoxy groups -OCH3 is 1. The first kappa shape index (κ1) is 13.2. The Morgan fingerprint density at radius 2 is 2.15 bits per heavy atom. The summed E-state index contributed by atoms with van der Waals surface area (Å²) in [6.07, 6.45) is 2.36. The van der Waals surface area contributed by atoms with Gasteiger partial charge >= 0.3 is 0 Å². The quantitative estimate of drug-likeness (QED) is 0.811. The summed E-state index contributed by atoms with van der Waals surface area (Å²) >= 11 is 0. The van der Waals surface area contributed by atoms with Gasteiger partial charge in [-0.25, -0.2) is 0 Å². The third-order valence-electron chi connectivity index (χ3n) is 4.44. The molecule has 1 atom stereocenters. The van der Waals surface area contributed by atoms with Crippen LogP contribution in [-0.4, -0.2) is 43.6 Å². The number of hydrogen-bond donors (Lipinski definition) is 2. The molecule has 20 heavy (non-hydrogen) atoms. The number of rotatable bonds is 3. The Morgan fingerprint density at radius 1 is 1.40 bits per heavy atom. The normalized spacial score (nSPS) is 28.1. The van der Waals surface area contributed by atoms with Crippen LogP contribution in [-0.2, 0) is 0 Å². The average molecular weight is 275 g/mol. The molecular formula is C15H21N3O2. The molecule has 0 spiro atoms. The van der Waals surface area contributed by atoms with Gasteiger partial charge in [0.1, 0.15) is 5.75 Å². The molecule has 2 bridgehead atoms. The minimum atomic E-state index is -0.0899. The van der Waals surface area contributed by atoms with E-state index in [1.807, 2.05) is 0 Å². The van der Waals surface area contributed by atoms with E-state index in [9.17, 15) is 4.79 Å². The average Bonchev–Trinajstić information content (AvgIpc) is 2.48. The molecule has 108 valence electrons. The van der Waals surface area contributed by atoms with Crippen molar-refractivity contribution >= 4 is 11.6 Å². The number of benzene rings is 1. The summed E-state index contributed by atoms with van der Waals surface area (Å²) in [5.41, 5.74) is 6.86. The van der Waals surface area contributed by atoms with E-state index in [2.05, 4.69) is 10.2 Å². The van der Waals surface area contributed by atoms with Gasteiger partial charge in [0.15, 0.2) is 0 Å². The third kappa shape index (κ3) is 2.45. The second-order valence-corrected chi connectivity index (χ2v) is 5.68. The molecule has 3 aliphatic heterocycles. The fourth-order valence-electron chi connectivity index (χ4n) is 3.28. The molecule has 3 heterocycles. The van der Waals surface area contributed by atoms with E-state index in [-0.39, 0.29) is 11.9 Å². The number of nitrogens with two attached hydrogens (primary N) is 1. The maximum Gasteiger partial charge on any atom is 0.255 e. The summed E-state index contributed by atoms with van der Waals surface area (Å²) in [5, 5.41) is 3.15. The highest BCUT2D eigenvalue weighted by Gasteiger charge is 2.35. The molecule has 3 fully saturated rings. The largest absolute Gasteiger partial charge is 0.496 e. The lowest BCUT2D eigenvalue weighted by molar-refractivity contribution is 0.0619. The van der Waals surface area contributed by atoms with Gasteiger partial charge in [0, 0.05) is 18.3 Å². The Kier molecular flexibility index (Phi) is 3.53. The molecule has 1 amide bonds. The van der Waals surface area contributed by atoms with Gasteiger partial charge in [0.2, 0.25) is 0 Å². The summed E-state index contributed by atoms with van der Waals surface area (Å²) in [7, 11) is 1.57. The Bertz CT molecular complexity index is 510. The smallest absolute Gasteiger partial charge is 0.255 e. The van der Waals surface area contributed by atoms with E-state index in [4.69, 9.17) is 10.5 Å². The van der Waals surface area contributed by atoms with Gasteiger partial charge in [-0.15, -0.1) is 0 Å². The van der Waals surface area contributed by atoms with Crippen molar-refractivity contribution in [2.24, 2.45) is 5.92 Å². The zero-order valence-electron chi connectivity index (χ0n) is 11.8. The van der Waals surface area contributed by atoms with Crippen LogP contribution in [0.25, 0.3) is 0 Å². The number of carbonyl (C=O) groups is 1. The topological polar surface area (TPSA) is 67.6 Å². The predicted octanol–water partition coefficient (Wildman–Crippen LogP) is 1.10. The van der Waals surface area contributed by atoms with Gasteiger partial charge in [-0.2, -0.15) is 0 Å². The van der Waals surface area contributed by atoms with Crippen molar-refractivity contribution in [2.45, 2.75) is 18.9 Å². The first-order chi connectivity index (χ1) is 9.67. The fraction of sp³-hybridized carbons (Fsp3) is 0.533. The number of carbonyl (C=O) groups excluding carboxylic acids is 1. The minimum Gasteiger partial charge on any atom is -0.496 e. The highest BCUT2D eigenvalue weighted by atomic mass is 16.5. The number of anilines is 1. The number of nitrogens with one attached hydrogen (secondary N) is 1. The molecule has 4 rings (SSSR count). The fourth-order valence-corrected chi connectivity index (χ4v) is 3.28. The van der Waals surface area contributed by atoms with Crippen LogP contribution in [0, 0.1) is 5.92 Å². The van der Waals surface area contributed by atoms with Crippen LogP contribution < -0.4 is 15.8 Å². The Morgan fingerprint density at radius 3 is 2.75 bits per heavy atom. The molecule has 5 nitrogen and oxygen atoms in total. The van der Waals surface area contributed by atoms with Gasteiger partial charge < -0.3 is 20.7 Å². The highest BCUT2D eigenvalue weighted by Crippen LogP contribution is 2.28. The van der Waals surface area contributed by atoms with Gasteiger partial charge in [-0.3, -0.25) is 4.79 Å². The van der Waals surface area contributed by atoms with Crippen LogP contribution in [0.2, 0.25) is 0 Å². The molecule has 0 saturated carbocycles. The van der Waals surface area contributed by atoms with E-state index in [1.165, 1.54) is 25.9 Å². The van der Waals surface area contributed by atoms with E-state index >= 15 is 0 Å². The Labute approximate surface area is 119 Å². The van der Waals surface area contributed by atoms with Crippen molar-refractivity contribution in [1.82, 2.24) is 10.2 Å². The summed E-state index contributed by atoms with van der Waals surface area (Å²) < 4.78 is 5.25. The highest BCUT2D eigenvalue weighted by molar-refractivity contribution is 5.98. The molecule has 1 aromatic rings. The summed E-state index contributed by atoms with van der Waals surface area (Å²) in [6, 6.07) is 5.40. The zero-order valence-corrected chi connectivity index (χ0v) is 11.8. The minimum absolute atomic E-state index is 0.0899. The first-order valence-corrected chi connectivity index (χ1v) is 7.14. The summed E-state index contributed by atoms with van der Waals surface area (Å²) in [5.74, 6) is 1.09. The maximum atomic E-state index is 12.5. The molecule has 0 aliphatic carbocycles. The van der Waals surface area contributed by atoms with Gasteiger partial charge in [-0.05, 0) is 50.0 Å². The van der Waals surface area contributed by atoms with Gasteiger partial charge in [-0.1, -0.05) is 0 Å². The standard InChI is InChI=1S/C15H21N3O2/c1-20-14-3-2-11(16)8-12(14)15(19)17-13-9-18-6-4-10(13)5-7-18/h2-3,8,10,13H,4-7,9,16H2,1H3,(H,17,19). The molecule has 3 N–H and O–H groups in total. The third-order valence-corrected chi connectivity index (χ3v) is 4.44. The molecule has 0 radical (unpaired) electrons. The molecule has 3 aliphatic rings. The molecule has 0 aromatic heterocycles. The number of hydrogen-bond acceptors (Lipinski definition) is 4. The van der Waals surface area contributed by atoms with E-state index in [0.29, 0.717) is 22.9 Å². The number of piperidine rings is 3. The second kappa shape index (κ2) is 5.32. The van der Waals surface area contributed by atoms with Gasteiger partial charge in [0.05, 0.1) is 12.7 Å². The lowest BCUT2D eigenvalue weighted by atomic mass is 9.84. The Hall–Kier alpha value is -1.75. The van der Waals surface area contributed by atoms with Crippen molar-refractivity contribution in [3.8, 4) is 5.75 Å². The summed E-state index contributed by atoms with van der Waals surface area (Å²) in [4.78, 5) is 14.9. The van der Waals surface area contributed by atoms with E-state index in [1.54, 1.807) is 25.3 Å². The van der Waals surface area contributed by atoms with E-state index in [0.717, 1.165) is 6.54 Å². The van der Waals surface area contributed by atoms with Crippen LogP contribution >= 0.6 is 0 Å². The van der Waals surface area contributed by atoms with Gasteiger partial charge in [0.25, 0.3) is 5.91 Å². The number of nitrogens with zero attached hydrogens (tertiary/aromatic N) is 1. The molecular weight excluding hydrogens is 254 g/mol. The Balaban J connectivity index is 1.75. The number of amides is 1. The number of fused-ring (bicyclic) bond motifs is 3. The molecule has 3 saturated heterocycles. The van der Waals surface area contributed by atoms with Crippen LogP contribution in [0.3, 0.4) is 0 Å². The number of nitrogen functional groups attached to an aromatic ring is 1. The SMILES string of the molecule is COc1ccc(N)cc1C(=O)NC1CN2CCC1CC2. The van der Waals surface area contributed by atoms with Crippen molar-refractivity contribution in [3.63, 3.8) is 0 Å². The maximum absolute atomic E-state index is 12.5. The molecule has 1 unspecified atom stereocenters. The monoisotopic (exact) mass is 275 g/mol. The predicted molar refractivity (Wildman–Crippen MR) is 77.8 cm³/mol. The summed E-state index contributed by atoms with van der Waals surface area (Å²) in [6.45, 7) is 3.29. The van der Waals surface area contributed by atoms with Crippen LogP contribution in [0.15, 0.2) is 18.2 Å². The molecule has 1 aromatic carbocycles. The van der Waals surface area contributed by atoms with E-state index < -0.39 is 0 Å². The van der Waals surface area contributed by atoms with Crippen molar-refractivity contribution in [3.05, 3.63) is 23.8 Å². The van der Waals surface area contributed by atoms with Crippen molar-refractivity contribution in [2.75, 3.05) is 32.5 Å². The lowest BCUT2D eigenvalue weighted by Crippen LogP contribution is -2.57. The number of ether oxygens (including phenoxy) is 1. The first-order valence-electron chi connectivity index (χ1n) is 7.14. The van der Waals surface area contributed by atoms with Crippen molar-refractivity contribution < 1.29 is 9.53 Å².